The van der Waals surface area contributed by atoms with Crippen LogP contribution in [0.25, 0.3) is 22.3 Å². The first kappa shape index (κ1) is 24.0. The summed E-state index contributed by atoms with van der Waals surface area (Å²) in [5, 5.41) is 4.73. The number of benzene rings is 3. The van der Waals surface area contributed by atoms with E-state index in [1.54, 1.807) is 24.3 Å². The number of hydrogen-bond acceptors (Lipinski definition) is 6. The van der Waals surface area contributed by atoms with Crippen LogP contribution >= 0.6 is 0 Å². The second-order valence-electron chi connectivity index (χ2n) is 8.79. The standard InChI is InChI=1S/C29H27N5O3/c1-3-25(21-10-7-11-22(17-21)28(36)37-2)34-27(35)15-14-23(32-34)20-9-6-8-19(16-20)18-33-26-13-5-4-12-24(26)31-29(33)30/h4-17,25H,3,18H2,1-2H3,(H2,30,31). The van der Waals surface area contributed by atoms with Crippen LogP contribution in [0.3, 0.4) is 0 Å². The summed E-state index contributed by atoms with van der Waals surface area (Å²) in [5.41, 5.74) is 11.6. The van der Waals surface area contributed by atoms with E-state index in [0.717, 1.165) is 27.7 Å². The molecule has 2 N–H and O–H groups in total. The van der Waals surface area contributed by atoms with Gasteiger partial charge >= 0.3 is 5.97 Å². The summed E-state index contributed by atoms with van der Waals surface area (Å²) >= 11 is 0. The highest BCUT2D eigenvalue weighted by Gasteiger charge is 2.18. The number of nitrogens with zero attached hydrogens (tertiary/aromatic N) is 4. The van der Waals surface area contributed by atoms with E-state index in [0.29, 0.717) is 30.2 Å². The fraction of sp³-hybridized carbons (Fsp3) is 0.172. The molecule has 3 aromatic carbocycles. The van der Waals surface area contributed by atoms with Gasteiger partial charge in [-0.05, 0) is 53.9 Å². The van der Waals surface area contributed by atoms with Gasteiger partial charge in [0.2, 0.25) is 5.95 Å². The smallest absolute Gasteiger partial charge is 0.337 e. The van der Waals surface area contributed by atoms with Gasteiger partial charge in [-0.2, -0.15) is 5.10 Å². The monoisotopic (exact) mass is 493 g/mol. The van der Waals surface area contributed by atoms with E-state index in [-0.39, 0.29) is 11.6 Å². The Hall–Kier alpha value is -4.72. The minimum atomic E-state index is -0.422. The highest BCUT2D eigenvalue weighted by Crippen LogP contribution is 2.25. The highest BCUT2D eigenvalue weighted by atomic mass is 16.5. The summed E-state index contributed by atoms with van der Waals surface area (Å²) in [6, 6.07) is 25.9. The molecule has 8 nitrogen and oxygen atoms in total. The first-order chi connectivity index (χ1) is 18.0. The van der Waals surface area contributed by atoms with Crippen molar-refractivity contribution >= 4 is 23.0 Å². The number of ether oxygens (including phenoxy) is 1. The molecule has 0 aliphatic carbocycles. The number of anilines is 1. The third-order valence-electron chi connectivity index (χ3n) is 6.45. The molecule has 0 radical (unpaired) electrons. The number of para-hydroxylation sites is 2. The molecule has 2 aromatic heterocycles. The van der Waals surface area contributed by atoms with Gasteiger partial charge in [-0.15, -0.1) is 0 Å². The third kappa shape index (κ3) is 4.73. The van der Waals surface area contributed by atoms with Crippen molar-refractivity contribution in [2.75, 3.05) is 12.8 Å². The average molecular weight is 494 g/mol. The molecule has 0 amide bonds. The Morgan fingerprint density at radius 2 is 1.81 bits per heavy atom. The lowest BCUT2D eigenvalue weighted by atomic mass is 10.0. The zero-order valence-electron chi connectivity index (χ0n) is 20.7. The number of hydrogen-bond donors (Lipinski definition) is 1. The molecule has 0 fully saturated rings. The number of carbonyl (C=O) groups excluding carboxylic acids is 1. The summed E-state index contributed by atoms with van der Waals surface area (Å²) in [5.74, 6) is 0.0344. The summed E-state index contributed by atoms with van der Waals surface area (Å²) < 4.78 is 8.32. The number of aromatic nitrogens is 4. The molecule has 0 aliphatic rings. The first-order valence-corrected chi connectivity index (χ1v) is 12.1. The number of esters is 1. The van der Waals surface area contributed by atoms with Crippen LogP contribution in [-0.2, 0) is 11.3 Å². The van der Waals surface area contributed by atoms with Crippen LogP contribution in [0, 0.1) is 0 Å². The van der Waals surface area contributed by atoms with Gasteiger partial charge in [-0.1, -0.05) is 49.4 Å². The minimum Gasteiger partial charge on any atom is -0.465 e. The molecule has 186 valence electrons. The Balaban J connectivity index is 1.50. The fourth-order valence-corrected chi connectivity index (χ4v) is 4.61. The van der Waals surface area contributed by atoms with Crippen molar-refractivity contribution in [2.45, 2.75) is 25.9 Å². The van der Waals surface area contributed by atoms with Crippen molar-refractivity contribution in [2.24, 2.45) is 0 Å². The Bertz CT molecular complexity index is 1650. The Labute approximate surface area is 214 Å². The first-order valence-electron chi connectivity index (χ1n) is 12.1. The van der Waals surface area contributed by atoms with Gasteiger partial charge in [0.05, 0.1) is 42.0 Å². The van der Waals surface area contributed by atoms with Gasteiger partial charge in [-0.3, -0.25) is 4.79 Å². The van der Waals surface area contributed by atoms with E-state index in [4.69, 9.17) is 15.6 Å². The van der Waals surface area contributed by atoms with Crippen LogP contribution in [0.15, 0.2) is 89.7 Å². The highest BCUT2D eigenvalue weighted by molar-refractivity contribution is 5.89. The third-order valence-corrected chi connectivity index (χ3v) is 6.45. The van der Waals surface area contributed by atoms with Crippen molar-refractivity contribution in [3.8, 4) is 11.3 Å². The zero-order valence-corrected chi connectivity index (χ0v) is 20.7. The summed E-state index contributed by atoms with van der Waals surface area (Å²) in [7, 11) is 1.35. The molecule has 5 rings (SSSR count). The zero-order chi connectivity index (χ0) is 25.9. The Kier molecular flexibility index (Phi) is 6.55. The number of methoxy groups -OCH3 is 1. The Morgan fingerprint density at radius 3 is 2.62 bits per heavy atom. The SMILES string of the molecule is CCC(c1cccc(C(=O)OC)c1)n1nc(-c2cccc(Cn3c(N)nc4ccccc43)c2)ccc1=O. The molecule has 37 heavy (non-hydrogen) atoms. The predicted molar refractivity (Wildman–Crippen MR) is 143 cm³/mol. The van der Waals surface area contributed by atoms with Crippen molar-refractivity contribution in [1.29, 1.82) is 0 Å². The van der Waals surface area contributed by atoms with E-state index >= 15 is 0 Å². The molecule has 0 saturated carbocycles. The molecule has 0 saturated heterocycles. The number of nitrogen functional groups attached to an aromatic ring is 1. The maximum Gasteiger partial charge on any atom is 0.337 e. The number of rotatable bonds is 7. The van der Waals surface area contributed by atoms with E-state index in [1.165, 1.54) is 17.9 Å². The molecule has 1 unspecified atom stereocenters. The van der Waals surface area contributed by atoms with E-state index < -0.39 is 5.97 Å². The van der Waals surface area contributed by atoms with Gasteiger partial charge in [0.25, 0.3) is 5.56 Å². The topological polar surface area (TPSA) is 105 Å². The summed E-state index contributed by atoms with van der Waals surface area (Å²) in [6.07, 6.45) is 0.619. The van der Waals surface area contributed by atoms with Crippen LogP contribution < -0.4 is 11.3 Å². The van der Waals surface area contributed by atoms with Gasteiger partial charge in [0.15, 0.2) is 0 Å². The van der Waals surface area contributed by atoms with Gasteiger partial charge in [0, 0.05) is 11.6 Å². The molecule has 2 heterocycles. The van der Waals surface area contributed by atoms with Gasteiger partial charge < -0.3 is 15.0 Å². The van der Waals surface area contributed by atoms with Crippen LogP contribution in [0.1, 0.15) is 40.9 Å². The number of fused-ring (bicyclic) bond motifs is 1. The Morgan fingerprint density at radius 1 is 1.00 bits per heavy atom. The molecule has 0 spiro atoms. The van der Waals surface area contributed by atoms with Crippen molar-refractivity contribution in [3.05, 3.63) is 112 Å². The van der Waals surface area contributed by atoms with Crippen molar-refractivity contribution in [1.82, 2.24) is 19.3 Å². The van der Waals surface area contributed by atoms with Crippen LogP contribution in [0.5, 0.6) is 0 Å². The number of carbonyl (C=O) groups is 1. The molecule has 0 bridgehead atoms. The predicted octanol–water partition coefficient (Wildman–Crippen LogP) is 4.68. The van der Waals surface area contributed by atoms with E-state index in [1.807, 2.05) is 66.1 Å². The molecular formula is C29H27N5O3. The van der Waals surface area contributed by atoms with E-state index in [9.17, 15) is 9.59 Å². The lowest BCUT2D eigenvalue weighted by Gasteiger charge is -2.19. The van der Waals surface area contributed by atoms with Crippen LogP contribution in [0.4, 0.5) is 5.95 Å². The van der Waals surface area contributed by atoms with Gasteiger partial charge in [-0.25, -0.2) is 14.5 Å². The molecular weight excluding hydrogens is 466 g/mol. The normalized spacial score (nSPS) is 11.9. The summed E-state index contributed by atoms with van der Waals surface area (Å²) in [4.78, 5) is 29.4. The second kappa shape index (κ2) is 10.1. The lowest BCUT2D eigenvalue weighted by Crippen LogP contribution is -2.27. The molecule has 1 atom stereocenters. The van der Waals surface area contributed by atoms with Crippen LogP contribution in [0.2, 0.25) is 0 Å². The van der Waals surface area contributed by atoms with Crippen molar-refractivity contribution < 1.29 is 9.53 Å². The van der Waals surface area contributed by atoms with Crippen molar-refractivity contribution in [3.63, 3.8) is 0 Å². The summed E-state index contributed by atoms with van der Waals surface area (Å²) in [6.45, 7) is 2.54. The largest absolute Gasteiger partial charge is 0.465 e. The lowest BCUT2D eigenvalue weighted by molar-refractivity contribution is 0.0600. The minimum absolute atomic E-state index is 0.215. The van der Waals surface area contributed by atoms with Gasteiger partial charge in [0.1, 0.15) is 0 Å². The fourth-order valence-electron chi connectivity index (χ4n) is 4.61. The van der Waals surface area contributed by atoms with Crippen LogP contribution in [-0.4, -0.2) is 32.4 Å². The molecule has 5 aromatic rings. The molecule has 0 aliphatic heterocycles. The maximum absolute atomic E-state index is 12.9. The average Bonchev–Trinajstić information content (AvgIpc) is 3.24. The number of nitrogens with two attached hydrogens (primary N) is 1. The quantitative estimate of drug-likeness (QED) is 0.330. The number of imidazole rings is 1. The maximum atomic E-state index is 12.9. The second-order valence-corrected chi connectivity index (χ2v) is 8.79. The van der Waals surface area contributed by atoms with E-state index in [2.05, 4.69) is 4.98 Å². The molecule has 8 heteroatoms.